The molecular weight excluding hydrogens is 327 g/mol. The normalized spacial score (nSPS) is 10.7. The Balaban J connectivity index is 1.87. The maximum Gasteiger partial charge on any atom is 0.160 e. The van der Waals surface area contributed by atoms with E-state index in [0.29, 0.717) is 16.9 Å². The molecule has 0 aliphatic carbocycles. The molecule has 0 aliphatic heterocycles. The third-order valence-corrected chi connectivity index (χ3v) is 4.21. The number of hydrogen-bond acceptors (Lipinski definition) is 4. The molecule has 4 aromatic rings. The quantitative estimate of drug-likeness (QED) is 0.531. The molecular formula is C21H13FN4. The topological polar surface area (TPSA) is 62.5 Å². The molecule has 3 aromatic heterocycles. The summed E-state index contributed by atoms with van der Waals surface area (Å²) in [6.45, 7) is 1.73. The van der Waals surface area contributed by atoms with Crippen LogP contribution in [0.5, 0.6) is 0 Å². The average Bonchev–Trinajstić information content (AvgIpc) is 2.69. The highest BCUT2D eigenvalue weighted by atomic mass is 19.1. The fourth-order valence-corrected chi connectivity index (χ4v) is 2.88. The fourth-order valence-electron chi connectivity index (χ4n) is 2.88. The smallest absolute Gasteiger partial charge is 0.160 e. The summed E-state index contributed by atoms with van der Waals surface area (Å²) in [6, 6.07) is 16.3. The van der Waals surface area contributed by atoms with Gasteiger partial charge in [-0.25, -0.2) is 14.4 Å². The van der Waals surface area contributed by atoms with Crippen molar-refractivity contribution < 1.29 is 4.39 Å². The molecule has 0 radical (unpaired) electrons. The van der Waals surface area contributed by atoms with Crippen molar-refractivity contribution in [1.82, 2.24) is 15.0 Å². The van der Waals surface area contributed by atoms with E-state index in [4.69, 9.17) is 5.26 Å². The van der Waals surface area contributed by atoms with Crippen LogP contribution in [0.4, 0.5) is 4.39 Å². The van der Waals surface area contributed by atoms with Crippen molar-refractivity contribution in [2.45, 2.75) is 6.92 Å². The predicted octanol–water partition coefficient (Wildman–Crippen LogP) is 4.68. The first kappa shape index (κ1) is 15.9. The third-order valence-electron chi connectivity index (χ3n) is 4.21. The number of fused-ring (bicyclic) bond motifs is 1. The first-order valence-electron chi connectivity index (χ1n) is 8.04. The van der Waals surface area contributed by atoms with Crippen LogP contribution >= 0.6 is 0 Å². The number of rotatable bonds is 2. The van der Waals surface area contributed by atoms with Crippen molar-refractivity contribution in [2.75, 3.05) is 0 Å². The third kappa shape index (κ3) is 2.78. The number of halogens is 1. The molecule has 26 heavy (non-hydrogen) atoms. The standard InChI is InChI=1S/C21H13FN4/c1-13-9-14(5-7-19(13)22)20-18(3-2-8-24-20)16-10-15-4-6-17(11-23)26-21(15)25-12-16/h2-10,12H,1H3. The van der Waals surface area contributed by atoms with E-state index in [1.165, 1.54) is 6.07 Å². The van der Waals surface area contributed by atoms with Gasteiger partial charge in [-0.2, -0.15) is 5.26 Å². The lowest BCUT2D eigenvalue weighted by Crippen LogP contribution is -1.93. The summed E-state index contributed by atoms with van der Waals surface area (Å²) >= 11 is 0. The zero-order chi connectivity index (χ0) is 18.1. The van der Waals surface area contributed by atoms with Gasteiger partial charge in [0.2, 0.25) is 0 Å². The Morgan fingerprint density at radius 1 is 1.00 bits per heavy atom. The van der Waals surface area contributed by atoms with Crippen LogP contribution in [-0.2, 0) is 0 Å². The van der Waals surface area contributed by atoms with Crippen LogP contribution in [-0.4, -0.2) is 15.0 Å². The van der Waals surface area contributed by atoms with Crippen LogP contribution in [0.25, 0.3) is 33.4 Å². The highest BCUT2D eigenvalue weighted by Gasteiger charge is 2.11. The number of benzene rings is 1. The van der Waals surface area contributed by atoms with E-state index in [1.807, 2.05) is 30.3 Å². The second-order valence-electron chi connectivity index (χ2n) is 5.94. The lowest BCUT2D eigenvalue weighted by atomic mass is 9.99. The lowest BCUT2D eigenvalue weighted by Gasteiger charge is -2.10. The van der Waals surface area contributed by atoms with Crippen LogP contribution in [0.3, 0.4) is 0 Å². The molecule has 1 aromatic carbocycles. The summed E-state index contributed by atoms with van der Waals surface area (Å²) in [5.41, 5.74) is 4.82. The molecule has 0 bridgehead atoms. The largest absolute Gasteiger partial charge is 0.256 e. The summed E-state index contributed by atoms with van der Waals surface area (Å²) in [5.74, 6) is -0.238. The Kier molecular flexibility index (Phi) is 3.86. The van der Waals surface area contributed by atoms with Gasteiger partial charge in [0, 0.05) is 34.5 Å². The Bertz CT molecular complexity index is 1180. The number of aromatic nitrogens is 3. The van der Waals surface area contributed by atoms with E-state index in [2.05, 4.69) is 15.0 Å². The molecule has 0 aliphatic rings. The number of nitriles is 1. The molecule has 0 amide bonds. The zero-order valence-corrected chi connectivity index (χ0v) is 13.9. The van der Waals surface area contributed by atoms with Gasteiger partial charge < -0.3 is 0 Å². The molecule has 0 unspecified atom stereocenters. The number of pyridine rings is 3. The van der Waals surface area contributed by atoms with Gasteiger partial charge in [-0.15, -0.1) is 0 Å². The Morgan fingerprint density at radius 3 is 2.69 bits per heavy atom. The Morgan fingerprint density at radius 2 is 1.88 bits per heavy atom. The lowest BCUT2D eigenvalue weighted by molar-refractivity contribution is 0.619. The summed E-state index contributed by atoms with van der Waals surface area (Å²) in [5, 5.41) is 9.80. The minimum absolute atomic E-state index is 0.238. The number of nitrogens with zero attached hydrogens (tertiary/aromatic N) is 4. The van der Waals surface area contributed by atoms with Gasteiger partial charge in [-0.1, -0.05) is 6.07 Å². The van der Waals surface area contributed by atoms with Gasteiger partial charge in [0.15, 0.2) is 5.65 Å². The summed E-state index contributed by atoms with van der Waals surface area (Å²) in [4.78, 5) is 13.1. The molecule has 4 rings (SSSR count). The van der Waals surface area contributed by atoms with Crippen LogP contribution in [0, 0.1) is 24.1 Å². The molecule has 0 atom stereocenters. The van der Waals surface area contributed by atoms with Gasteiger partial charge >= 0.3 is 0 Å². The van der Waals surface area contributed by atoms with Gasteiger partial charge in [0.25, 0.3) is 0 Å². The maximum atomic E-state index is 13.6. The number of hydrogen-bond donors (Lipinski definition) is 0. The van der Waals surface area contributed by atoms with Gasteiger partial charge in [-0.05, 0) is 55.0 Å². The highest BCUT2D eigenvalue weighted by Crippen LogP contribution is 2.31. The molecule has 4 nitrogen and oxygen atoms in total. The van der Waals surface area contributed by atoms with Gasteiger partial charge in [0.1, 0.15) is 17.6 Å². The second-order valence-corrected chi connectivity index (χ2v) is 5.94. The Hall–Kier alpha value is -3.65. The van der Waals surface area contributed by atoms with Crippen molar-refractivity contribution >= 4 is 11.0 Å². The van der Waals surface area contributed by atoms with Gasteiger partial charge in [0.05, 0.1) is 5.69 Å². The molecule has 0 fully saturated rings. The van der Waals surface area contributed by atoms with Crippen molar-refractivity contribution in [2.24, 2.45) is 0 Å². The monoisotopic (exact) mass is 340 g/mol. The van der Waals surface area contributed by atoms with Crippen molar-refractivity contribution in [3.8, 4) is 28.5 Å². The van der Waals surface area contributed by atoms with Crippen molar-refractivity contribution in [3.05, 3.63) is 78.0 Å². The summed E-state index contributed by atoms with van der Waals surface area (Å²) < 4.78 is 13.6. The van der Waals surface area contributed by atoms with Crippen LogP contribution in [0.2, 0.25) is 0 Å². The van der Waals surface area contributed by atoms with Gasteiger partial charge in [-0.3, -0.25) is 4.98 Å². The summed E-state index contributed by atoms with van der Waals surface area (Å²) in [6.07, 6.45) is 3.43. The van der Waals surface area contributed by atoms with E-state index in [9.17, 15) is 4.39 Å². The van der Waals surface area contributed by atoms with Crippen LogP contribution in [0.1, 0.15) is 11.3 Å². The highest BCUT2D eigenvalue weighted by molar-refractivity contribution is 5.86. The molecule has 5 heteroatoms. The zero-order valence-electron chi connectivity index (χ0n) is 13.9. The second kappa shape index (κ2) is 6.34. The molecule has 0 spiro atoms. The molecule has 0 saturated heterocycles. The van der Waals surface area contributed by atoms with Crippen molar-refractivity contribution in [1.29, 1.82) is 5.26 Å². The van der Waals surface area contributed by atoms with E-state index in [1.54, 1.807) is 37.5 Å². The van der Waals surface area contributed by atoms with Crippen LogP contribution < -0.4 is 0 Å². The van der Waals surface area contributed by atoms with E-state index in [-0.39, 0.29) is 5.82 Å². The van der Waals surface area contributed by atoms with E-state index < -0.39 is 0 Å². The first-order valence-corrected chi connectivity index (χ1v) is 8.04. The molecule has 0 N–H and O–H groups in total. The molecule has 0 saturated carbocycles. The SMILES string of the molecule is Cc1cc(-c2ncccc2-c2cnc3nc(C#N)ccc3c2)ccc1F. The minimum atomic E-state index is -0.238. The van der Waals surface area contributed by atoms with Crippen LogP contribution in [0.15, 0.2) is 60.9 Å². The molecule has 124 valence electrons. The predicted molar refractivity (Wildman–Crippen MR) is 97.6 cm³/mol. The average molecular weight is 340 g/mol. The Labute approximate surface area is 149 Å². The first-order chi connectivity index (χ1) is 12.7. The van der Waals surface area contributed by atoms with E-state index >= 15 is 0 Å². The van der Waals surface area contributed by atoms with E-state index in [0.717, 1.165) is 27.8 Å². The summed E-state index contributed by atoms with van der Waals surface area (Å²) in [7, 11) is 0. The molecule has 3 heterocycles. The number of aryl methyl sites for hydroxylation is 1. The maximum absolute atomic E-state index is 13.6. The minimum Gasteiger partial charge on any atom is -0.256 e. The van der Waals surface area contributed by atoms with Crippen molar-refractivity contribution in [3.63, 3.8) is 0 Å². The fraction of sp³-hybridized carbons (Fsp3) is 0.0476.